The molecule has 0 aliphatic heterocycles. The number of aryl methyl sites for hydroxylation is 1. The molecule has 3 aromatic carbocycles. The molecular weight excluding hydrogens is 340 g/mol. The first kappa shape index (κ1) is 17.8. The van der Waals surface area contributed by atoms with E-state index in [9.17, 15) is 0 Å². The Kier molecular flexibility index (Phi) is 4.71. The molecule has 134 valence electrons. The molecule has 0 bridgehead atoms. The highest BCUT2D eigenvalue weighted by Crippen LogP contribution is 2.32. The summed E-state index contributed by atoms with van der Waals surface area (Å²) in [6.07, 6.45) is 3.47. The summed E-state index contributed by atoms with van der Waals surface area (Å²) < 4.78 is 0. The summed E-state index contributed by atoms with van der Waals surface area (Å²) in [6, 6.07) is 31.7. The Morgan fingerprint density at radius 3 is 1.52 bits per heavy atom. The van der Waals surface area contributed by atoms with Crippen molar-refractivity contribution in [3.63, 3.8) is 0 Å². The van der Waals surface area contributed by atoms with Gasteiger partial charge in [-0.05, 0) is 42.8 Å². The van der Waals surface area contributed by atoms with Gasteiger partial charge in [-0.3, -0.25) is 0 Å². The van der Waals surface area contributed by atoms with E-state index in [0.29, 0.717) is 0 Å². The van der Waals surface area contributed by atoms with Crippen molar-refractivity contribution in [2.24, 2.45) is 0 Å². The molecule has 3 aromatic rings. The van der Waals surface area contributed by atoms with E-state index < -0.39 is 8.07 Å². The Hall–Kier alpha value is -2.64. The van der Waals surface area contributed by atoms with Gasteiger partial charge in [0.05, 0.1) is 0 Å². The van der Waals surface area contributed by atoms with Crippen LogP contribution in [0.2, 0.25) is 0 Å². The summed E-state index contributed by atoms with van der Waals surface area (Å²) in [5.41, 5.74) is 4.24. The second-order valence-corrected chi connectivity index (χ2v) is 11.5. The van der Waals surface area contributed by atoms with Crippen molar-refractivity contribution in [3.8, 4) is 0 Å². The van der Waals surface area contributed by atoms with E-state index in [0.717, 1.165) is 6.42 Å². The third-order valence-electron chi connectivity index (χ3n) is 5.75. The van der Waals surface area contributed by atoms with Crippen molar-refractivity contribution in [1.82, 2.24) is 0 Å². The van der Waals surface area contributed by atoms with Crippen LogP contribution in [0.3, 0.4) is 0 Å². The molecule has 0 spiro atoms. The fourth-order valence-corrected chi connectivity index (χ4v) is 9.86. The smallest absolute Gasteiger partial charge is 0.0694 e. The molecule has 0 unspecified atom stereocenters. The fourth-order valence-electron chi connectivity index (χ4n) is 4.56. The molecule has 0 fully saturated rings. The van der Waals surface area contributed by atoms with Crippen molar-refractivity contribution in [1.29, 1.82) is 0 Å². The van der Waals surface area contributed by atoms with Gasteiger partial charge in [-0.2, -0.15) is 0 Å². The van der Waals surface area contributed by atoms with Crippen LogP contribution in [-0.4, -0.2) is 8.07 Å². The summed E-state index contributed by atoms with van der Waals surface area (Å²) in [5, 5.41) is 6.04. The summed E-state index contributed by atoms with van der Waals surface area (Å²) in [6.45, 7) is 6.73. The van der Waals surface area contributed by atoms with Crippen LogP contribution in [0.1, 0.15) is 25.8 Å². The van der Waals surface area contributed by atoms with Crippen LogP contribution in [0, 0.1) is 6.92 Å². The summed E-state index contributed by atoms with van der Waals surface area (Å²) in [5.74, 6) is 0. The number of allylic oxidation sites excluding steroid dienone is 4. The van der Waals surface area contributed by atoms with Crippen LogP contribution in [0.4, 0.5) is 0 Å². The molecule has 0 atom stereocenters. The second kappa shape index (κ2) is 7.17. The van der Waals surface area contributed by atoms with Gasteiger partial charge in [0, 0.05) is 0 Å². The van der Waals surface area contributed by atoms with Crippen LogP contribution in [0.5, 0.6) is 0 Å². The molecule has 1 heteroatoms. The zero-order valence-electron chi connectivity index (χ0n) is 16.4. The lowest BCUT2D eigenvalue weighted by Gasteiger charge is -2.36. The van der Waals surface area contributed by atoms with Crippen molar-refractivity contribution < 1.29 is 0 Å². The topological polar surface area (TPSA) is 0 Å². The molecule has 0 radical (unpaired) electrons. The third kappa shape index (κ3) is 3.02. The van der Waals surface area contributed by atoms with E-state index in [1.165, 1.54) is 32.3 Å². The highest BCUT2D eigenvalue weighted by Gasteiger charge is 2.44. The largest absolute Gasteiger partial charge is 0.176 e. The van der Waals surface area contributed by atoms with Gasteiger partial charge in [0.1, 0.15) is 0 Å². The van der Waals surface area contributed by atoms with Gasteiger partial charge in [-0.15, -0.1) is 0 Å². The molecule has 1 aliphatic rings. The van der Waals surface area contributed by atoms with Gasteiger partial charge in [0.15, 0.2) is 8.07 Å². The van der Waals surface area contributed by atoms with Crippen molar-refractivity contribution in [2.45, 2.75) is 27.2 Å². The quantitative estimate of drug-likeness (QED) is 0.465. The monoisotopic (exact) mass is 366 g/mol. The van der Waals surface area contributed by atoms with Gasteiger partial charge >= 0.3 is 0 Å². The predicted octanol–water partition coefficient (Wildman–Crippen LogP) is 4.67. The Balaban J connectivity index is 2.10. The van der Waals surface area contributed by atoms with Crippen molar-refractivity contribution in [3.05, 3.63) is 113 Å². The maximum atomic E-state index is 2.39. The van der Waals surface area contributed by atoms with Crippen LogP contribution in [-0.2, 0) is 0 Å². The molecule has 0 saturated carbocycles. The minimum Gasteiger partial charge on any atom is -0.0694 e. The lowest BCUT2D eigenvalue weighted by atomic mass is 10.2. The minimum absolute atomic E-state index is 1.08. The molecule has 0 amide bonds. The Morgan fingerprint density at radius 2 is 1.07 bits per heavy atom. The number of benzene rings is 3. The minimum atomic E-state index is -2.29. The van der Waals surface area contributed by atoms with E-state index in [-0.39, 0.29) is 0 Å². The summed E-state index contributed by atoms with van der Waals surface area (Å²) in [7, 11) is -2.29. The molecule has 0 aromatic heterocycles. The van der Waals surface area contributed by atoms with Crippen LogP contribution >= 0.6 is 0 Å². The van der Waals surface area contributed by atoms with Gasteiger partial charge < -0.3 is 0 Å². The van der Waals surface area contributed by atoms with E-state index in [1.54, 1.807) is 5.20 Å². The number of hydrogen-bond acceptors (Lipinski definition) is 0. The maximum Gasteiger partial charge on any atom is 0.176 e. The molecule has 1 aliphatic carbocycles. The van der Waals surface area contributed by atoms with Crippen LogP contribution < -0.4 is 15.6 Å². The maximum absolute atomic E-state index is 2.39. The molecule has 27 heavy (non-hydrogen) atoms. The molecule has 0 heterocycles. The summed E-state index contributed by atoms with van der Waals surface area (Å²) in [4.78, 5) is 0. The van der Waals surface area contributed by atoms with Crippen LogP contribution in [0.15, 0.2) is 107 Å². The fraction of sp³-hybridized carbons (Fsp3) is 0.154. The summed E-state index contributed by atoms with van der Waals surface area (Å²) >= 11 is 0. The highest BCUT2D eigenvalue weighted by molar-refractivity contribution is 7.16. The molecule has 0 N–H and O–H groups in total. The zero-order chi connectivity index (χ0) is 18.9. The lowest BCUT2D eigenvalue weighted by Crippen LogP contribution is -2.68. The molecule has 0 nitrogen and oxygen atoms in total. The van der Waals surface area contributed by atoms with Gasteiger partial charge in [0.25, 0.3) is 0 Å². The first-order valence-electron chi connectivity index (χ1n) is 9.68. The lowest BCUT2D eigenvalue weighted by molar-refractivity contribution is 1.21. The highest BCUT2D eigenvalue weighted by atomic mass is 28.3. The molecular formula is C26H26Si. The van der Waals surface area contributed by atoms with E-state index in [4.69, 9.17) is 0 Å². The first-order valence-corrected chi connectivity index (χ1v) is 11.7. The van der Waals surface area contributed by atoms with Crippen molar-refractivity contribution >= 4 is 23.6 Å². The molecule has 0 saturated heterocycles. The van der Waals surface area contributed by atoms with Gasteiger partial charge in [-0.25, -0.2) is 0 Å². The van der Waals surface area contributed by atoms with Crippen LogP contribution in [0.25, 0.3) is 0 Å². The van der Waals surface area contributed by atoms with Gasteiger partial charge in [0.2, 0.25) is 0 Å². The Labute approximate surface area is 163 Å². The van der Waals surface area contributed by atoms with E-state index in [2.05, 4.69) is 112 Å². The van der Waals surface area contributed by atoms with Crippen molar-refractivity contribution in [2.75, 3.05) is 0 Å². The standard InChI is InChI=1S/C26H26Si/c1-20-14-16-25(17-15-20)27(23-10-6-4-7-11-23,24-12-8-5-9-13-24)26-19-21(2)18-22(26)3/h4-18H,19H2,1-3H3. The first-order chi connectivity index (χ1) is 13.1. The second-order valence-electron chi connectivity index (χ2n) is 7.68. The normalized spacial score (nSPS) is 14.4. The molecule has 4 rings (SSSR count). The van der Waals surface area contributed by atoms with Gasteiger partial charge in [-0.1, -0.05) is 113 Å². The number of rotatable bonds is 4. The Morgan fingerprint density at radius 1 is 0.593 bits per heavy atom. The average molecular weight is 367 g/mol. The predicted molar refractivity (Wildman–Crippen MR) is 120 cm³/mol. The zero-order valence-corrected chi connectivity index (χ0v) is 17.4. The van der Waals surface area contributed by atoms with E-state index in [1.807, 2.05) is 0 Å². The number of hydrogen-bond donors (Lipinski definition) is 0. The van der Waals surface area contributed by atoms with E-state index >= 15 is 0 Å². The Bertz CT molecular complexity index is 954. The third-order valence-corrected chi connectivity index (χ3v) is 10.8. The SMILES string of the molecule is CC1=CC(C)=C([Si](c2ccccc2)(c2ccccc2)c2ccc(C)cc2)C1. The average Bonchev–Trinajstić information content (AvgIpc) is 3.04.